The predicted molar refractivity (Wildman–Crippen MR) is 95.9 cm³/mol. The number of carbonyl (C=O) groups excluding carboxylic acids is 1. The number of nitrogens with zero attached hydrogens (tertiary/aromatic N) is 1. The molecule has 0 saturated carbocycles. The van der Waals surface area contributed by atoms with Crippen molar-refractivity contribution < 1.29 is 19.4 Å². The Morgan fingerprint density at radius 2 is 1.56 bits per heavy atom. The van der Waals surface area contributed by atoms with Gasteiger partial charge in [0.15, 0.2) is 0 Å². The van der Waals surface area contributed by atoms with Crippen molar-refractivity contribution in [3.8, 4) is 0 Å². The molecule has 0 spiro atoms. The first-order valence-electron chi connectivity index (χ1n) is 8.42. The summed E-state index contributed by atoms with van der Waals surface area (Å²) in [5.74, 6) is -0.262. The van der Waals surface area contributed by atoms with Gasteiger partial charge in [-0.15, -0.1) is 0 Å². The fourth-order valence-corrected chi connectivity index (χ4v) is 2.38. The summed E-state index contributed by atoms with van der Waals surface area (Å²) in [6.45, 7) is 2.47. The van der Waals surface area contributed by atoms with E-state index in [1.807, 2.05) is 65.6 Å². The number of esters is 1. The van der Waals surface area contributed by atoms with E-state index in [4.69, 9.17) is 14.6 Å². The summed E-state index contributed by atoms with van der Waals surface area (Å²) >= 11 is 0. The van der Waals surface area contributed by atoms with Crippen molar-refractivity contribution in [1.29, 1.82) is 0 Å². The second kappa shape index (κ2) is 11.4. The minimum atomic E-state index is -0.262. The summed E-state index contributed by atoms with van der Waals surface area (Å²) < 4.78 is 10.7. The Balaban J connectivity index is 1.83. The molecule has 25 heavy (non-hydrogen) atoms. The maximum Gasteiger partial charge on any atom is 0.320 e. The van der Waals surface area contributed by atoms with Crippen LogP contribution in [0.1, 0.15) is 11.1 Å². The zero-order chi connectivity index (χ0) is 17.7. The first-order chi connectivity index (χ1) is 12.3. The van der Waals surface area contributed by atoms with Crippen LogP contribution in [0.15, 0.2) is 60.7 Å². The quantitative estimate of drug-likeness (QED) is 0.501. The van der Waals surface area contributed by atoms with Crippen LogP contribution in [0.3, 0.4) is 0 Å². The van der Waals surface area contributed by atoms with Crippen molar-refractivity contribution in [1.82, 2.24) is 4.90 Å². The van der Waals surface area contributed by atoms with Gasteiger partial charge in [0.25, 0.3) is 0 Å². The fraction of sp³-hybridized carbons (Fsp3) is 0.350. The van der Waals surface area contributed by atoms with Crippen LogP contribution in [0.2, 0.25) is 0 Å². The number of benzene rings is 2. The number of rotatable bonds is 11. The molecule has 0 radical (unpaired) electrons. The van der Waals surface area contributed by atoms with Crippen LogP contribution in [-0.4, -0.2) is 48.9 Å². The first kappa shape index (κ1) is 19.1. The highest BCUT2D eigenvalue weighted by Gasteiger charge is 2.13. The van der Waals surface area contributed by atoms with Crippen molar-refractivity contribution in [2.75, 3.05) is 32.9 Å². The molecule has 0 bridgehead atoms. The van der Waals surface area contributed by atoms with Crippen LogP contribution in [0.5, 0.6) is 0 Å². The molecule has 0 aliphatic rings. The average Bonchev–Trinajstić information content (AvgIpc) is 2.65. The monoisotopic (exact) mass is 343 g/mol. The molecule has 2 aromatic rings. The van der Waals surface area contributed by atoms with E-state index in [9.17, 15) is 4.79 Å². The van der Waals surface area contributed by atoms with E-state index >= 15 is 0 Å². The molecule has 134 valence electrons. The third-order valence-electron chi connectivity index (χ3n) is 3.63. The molecule has 1 N–H and O–H groups in total. The molecule has 5 heteroatoms. The third-order valence-corrected chi connectivity index (χ3v) is 3.63. The molecule has 0 aliphatic carbocycles. The van der Waals surface area contributed by atoms with Gasteiger partial charge in [0, 0.05) is 13.1 Å². The fourth-order valence-electron chi connectivity index (χ4n) is 2.38. The number of hydrogen-bond acceptors (Lipinski definition) is 5. The lowest BCUT2D eigenvalue weighted by atomic mass is 10.2. The number of carbonyl (C=O) groups is 1. The molecule has 0 unspecified atom stereocenters. The van der Waals surface area contributed by atoms with Crippen LogP contribution in [0.25, 0.3) is 0 Å². The Morgan fingerprint density at radius 1 is 0.920 bits per heavy atom. The van der Waals surface area contributed by atoms with Crippen molar-refractivity contribution in [2.24, 2.45) is 0 Å². The lowest BCUT2D eigenvalue weighted by molar-refractivity contribution is -0.146. The molecule has 0 aliphatic heterocycles. The maximum absolute atomic E-state index is 12.2. The molecule has 2 aromatic carbocycles. The third kappa shape index (κ3) is 7.94. The minimum absolute atomic E-state index is 0.00218. The smallest absolute Gasteiger partial charge is 0.320 e. The molecule has 0 fully saturated rings. The van der Waals surface area contributed by atoms with E-state index in [-0.39, 0.29) is 25.7 Å². The highest BCUT2D eigenvalue weighted by Crippen LogP contribution is 2.06. The average molecular weight is 343 g/mol. The van der Waals surface area contributed by atoms with Gasteiger partial charge in [-0.1, -0.05) is 60.7 Å². The molecule has 5 nitrogen and oxygen atoms in total. The van der Waals surface area contributed by atoms with Gasteiger partial charge < -0.3 is 14.6 Å². The molecule has 0 amide bonds. The second-order valence-corrected chi connectivity index (χ2v) is 5.68. The van der Waals surface area contributed by atoms with Crippen molar-refractivity contribution in [3.63, 3.8) is 0 Å². The van der Waals surface area contributed by atoms with Crippen molar-refractivity contribution in [3.05, 3.63) is 71.8 Å². The minimum Gasteiger partial charge on any atom is -0.460 e. The lowest BCUT2D eigenvalue weighted by Gasteiger charge is -2.21. The summed E-state index contributed by atoms with van der Waals surface area (Å²) in [6, 6.07) is 19.6. The molecule has 0 heterocycles. The molecule has 2 rings (SSSR count). The molecule has 0 atom stereocenters. The van der Waals surface area contributed by atoms with E-state index < -0.39 is 0 Å². The highest BCUT2D eigenvalue weighted by atomic mass is 16.5. The summed E-state index contributed by atoms with van der Waals surface area (Å²) in [4.78, 5) is 14.1. The van der Waals surface area contributed by atoms with Gasteiger partial charge in [-0.2, -0.15) is 0 Å². The second-order valence-electron chi connectivity index (χ2n) is 5.68. The Morgan fingerprint density at radius 3 is 2.20 bits per heavy atom. The predicted octanol–water partition coefficient (Wildman–Crippen LogP) is 2.24. The SMILES string of the molecule is O=C(CN(CCOCCO)Cc1ccccc1)OCc1ccccc1. The topological polar surface area (TPSA) is 59.0 Å². The van der Waals surface area contributed by atoms with Crippen LogP contribution >= 0.6 is 0 Å². The van der Waals surface area contributed by atoms with Gasteiger partial charge in [-0.25, -0.2) is 0 Å². The number of aliphatic hydroxyl groups excluding tert-OH is 1. The van der Waals surface area contributed by atoms with E-state index in [1.165, 1.54) is 0 Å². The zero-order valence-electron chi connectivity index (χ0n) is 14.3. The van der Waals surface area contributed by atoms with Crippen LogP contribution in [-0.2, 0) is 27.4 Å². The number of hydrogen-bond donors (Lipinski definition) is 1. The summed E-state index contributed by atoms with van der Waals surface area (Å²) in [5.41, 5.74) is 2.09. The Kier molecular flexibility index (Phi) is 8.69. The Labute approximate surface area is 148 Å². The van der Waals surface area contributed by atoms with Gasteiger partial charge in [0.2, 0.25) is 0 Å². The van der Waals surface area contributed by atoms with Crippen LogP contribution in [0.4, 0.5) is 0 Å². The summed E-state index contributed by atoms with van der Waals surface area (Å²) in [7, 11) is 0. The normalized spacial score (nSPS) is 10.8. The molecular formula is C20H25NO4. The standard InChI is InChI=1S/C20H25NO4/c22-12-14-24-13-11-21(15-18-7-3-1-4-8-18)16-20(23)25-17-19-9-5-2-6-10-19/h1-10,22H,11-17H2. The van der Waals surface area contributed by atoms with Crippen LogP contribution in [0, 0.1) is 0 Å². The first-order valence-corrected chi connectivity index (χ1v) is 8.42. The zero-order valence-corrected chi connectivity index (χ0v) is 14.3. The molecular weight excluding hydrogens is 318 g/mol. The summed E-state index contributed by atoms with van der Waals surface area (Å²) in [6.07, 6.45) is 0. The molecule has 0 aromatic heterocycles. The largest absolute Gasteiger partial charge is 0.460 e. The van der Waals surface area contributed by atoms with E-state index in [0.29, 0.717) is 26.3 Å². The van der Waals surface area contributed by atoms with Crippen LogP contribution < -0.4 is 0 Å². The molecule has 0 saturated heterocycles. The van der Waals surface area contributed by atoms with E-state index in [0.717, 1.165) is 11.1 Å². The Bertz CT molecular complexity index is 604. The van der Waals surface area contributed by atoms with Gasteiger partial charge in [0.05, 0.1) is 26.4 Å². The van der Waals surface area contributed by atoms with Gasteiger partial charge in [-0.05, 0) is 11.1 Å². The highest BCUT2D eigenvalue weighted by molar-refractivity contribution is 5.71. The van der Waals surface area contributed by atoms with E-state index in [1.54, 1.807) is 0 Å². The lowest BCUT2D eigenvalue weighted by Crippen LogP contribution is -2.33. The summed E-state index contributed by atoms with van der Waals surface area (Å²) in [5, 5.41) is 8.78. The van der Waals surface area contributed by atoms with Gasteiger partial charge in [0.1, 0.15) is 6.61 Å². The number of ether oxygens (including phenoxy) is 2. The van der Waals surface area contributed by atoms with Gasteiger partial charge >= 0.3 is 5.97 Å². The maximum atomic E-state index is 12.2. The van der Waals surface area contributed by atoms with E-state index in [2.05, 4.69) is 0 Å². The number of aliphatic hydroxyl groups is 1. The van der Waals surface area contributed by atoms with Gasteiger partial charge in [-0.3, -0.25) is 9.69 Å². The van der Waals surface area contributed by atoms with Crippen molar-refractivity contribution >= 4 is 5.97 Å². The van der Waals surface area contributed by atoms with Crippen molar-refractivity contribution in [2.45, 2.75) is 13.2 Å². The Hall–Kier alpha value is -2.21.